The highest BCUT2D eigenvalue weighted by Crippen LogP contribution is 2.25. The third kappa shape index (κ3) is 3.52. The summed E-state index contributed by atoms with van der Waals surface area (Å²) in [6.07, 6.45) is 2.71. The summed E-state index contributed by atoms with van der Waals surface area (Å²) in [5, 5.41) is 0. The van der Waals surface area contributed by atoms with Crippen LogP contribution < -0.4 is 5.73 Å². The maximum Gasteiger partial charge on any atom is 0.0593 e. The highest BCUT2D eigenvalue weighted by molar-refractivity contribution is 4.84. The molecule has 1 aliphatic rings. The van der Waals surface area contributed by atoms with Crippen LogP contribution in [0.1, 0.15) is 19.8 Å². The zero-order chi connectivity index (χ0) is 8.81. The topological polar surface area (TPSA) is 38.5 Å². The van der Waals surface area contributed by atoms with Crippen LogP contribution in [0.15, 0.2) is 0 Å². The lowest BCUT2D eigenvalue weighted by molar-refractivity contribution is 0.111. The molecule has 0 unspecified atom stereocenters. The van der Waals surface area contributed by atoms with E-state index in [1.54, 1.807) is 0 Å². The average molecular weight is 172 g/mol. The van der Waals surface area contributed by atoms with Crippen molar-refractivity contribution in [2.24, 2.45) is 5.73 Å². The fourth-order valence-electron chi connectivity index (χ4n) is 1.41. The Labute approximate surface area is 74.9 Å². The van der Waals surface area contributed by atoms with Crippen LogP contribution in [0.2, 0.25) is 0 Å². The number of nitrogens with zero attached hydrogens (tertiary/aromatic N) is 1. The Morgan fingerprint density at radius 1 is 1.42 bits per heavy atom. The Morgan fingerprint density at radius 3 is 2.67 bits per heavy atom. The molecule has 0 amide bonds. The standard InChI is InChI=1S/C9H20N2O/c1-2-12-8-7-11(6-5-10)9-3-4-9/h9H,2-8,10H2,1H3. The molecular weight excluding hydrogens is 152 g/mol. The van der Waals surface area contributed by atoms with Crippen molar-refractivity contribution in [2.45, 2.75) is 25.8 Å². The molecule has 1 rings (SSSR count). The summed E-state index contributed by atoms with van der Waals surface area (Å²) in [6, 6.07) is 0.814. The first kappa shape index (κ1) is 9.96. The van der Waals surface area contributed by atoms with Crippen molar-refractivity contribution < 1.29 is 4.74 Å². The monoisotopic (exact) mass is 172 g/mol. The van der Waals surface area contributed by atoms with Crippen LogP contribution in [0, 0.1) is 0 Å². The minimum atomic E-state index is 0.766. The van der Waals surface area contributed by atoms with E-state index >= 15 is 0 Å². The van der Waals surface area contributed by atoms with Gasteiger partial charge in [-0.3, -0.25) is 4.90 Å². The predicted molar refractivity (Wildman–Crippen MR) is 50.1 cm³/mol. The molecule has 0 spiro atoms. The minimum absolute atomic E-state index is 0.766. The lowest BCUT2D eigenvalue weighted by Gasteiger charge is -2.20. The van der Waals surface area contributed by atoms with Crippen LogP contribution in [0.5, 0.6) is 0 Å². The van der Waals surface area contributed by atoms with Crippen molar-refractivity contribution >= 4 is 0 Å². The van der Waals surface area contributed by atoms with Crippen molar-refractivity contribution in [2.75, 3.05) is 32.8 Å². The quantitative estimate of drug-likeness (QED) is 0.567. The van der Waals surface area contributed by atoms with Gasteiger partial charge in [0.25, 0.3) is 0 Å². The summed E-state index contributed by atoms with van der Waals surface area (Å²) in [5.74, 6) is 0. The van der Waals surface area contributed by atoms with E-state index in [9.17, 15) is 0 Å². The molecule has 2 N–H and O–H groups in total. The Bertz CT molecular complexity index is 115. The van der Waals surface area contributed by atoms with Gasteiger partial charge in [-0.15, -0.1) is 0 Å². The third-order valence-electron chi connectivity index (χ3n) is 2.21. The van der Waals surface area contributed by atoms with Crippen LogP contribution in [-0.2, 0) is 4.74 Å². The normalized spacial score (nSPS) is 17.2. The van der Waals surface area contributed by atoms with Gasteiger partial charge in [0.2, 0.25) is 0 Å². The van der Waals surface area contributed by atoms with Gasteiger partial charge in [0.15, 0.2) is 0 Å². The molecule has 12 heavy (non-hydrogen) atoms. The maximum absolute atomic E-state index is 5.52. The zero-order valence-corrected chi connectivity index (χ0v) is 7.96. The molecule has 3 heteroatoms. The summed E-state index contributed by atoms with van der Waals surface area (Å²) < 4.78 is 5.31. The van der Waals surface area contributed by atoms with Crippen molar-refractivity contribution in [3.05, 3.63) is 0 Å². The molecule has 0 aromatic heterocycles. The van der Waals surface area contributed by atoms with Crippen molar-refractivity contribution in [1.29, 1.82) is 0 Å². The minimum Gasteiger partial charge on any atom is -0.380 e. The van der Waals surface area contributed by atoms with E-state index < -0.39 is 0 Å². The van der Waals surface area contributed by atoms with E-state index in [2.05, 4.69) is 4.90 Å². The highest BCUT2D eigenvalue weighted by atomic mass is 16.5. The lowest BCUT2D eigenvalue weighted by atomic mass is 10.4. The Morgan fingerprint density at radius 2 is 2.17 bits per heavy atom. The number of nitrogens with two attached hydrogens (primary N) is 1. The summed E-state index contributed by atoms with van der Waals surface area (Å²) in [5.41, 5.74) is 5.52. The molecule has 0 saturated heterocycles. The SMILES string of the molecule is CCOCCN(CCN)C1CC1. The summed E-state index contributed by atoms with van der Waals surface area (Å²) >= 11 is 0. The fraction of sp³-hybridized carbons (Fsp3) is 1.00. The predicted octanol–water partition coefficient (Wildman–Crippen LogP) is 0.446. The van der Waals surface area contributed by atoms with E-state index in [-0.39, 0.29) is 0 Å². The van der Waals surface area contributed by atoms with Gasteiger partial charge in [0.05, 0.1) is 6.61 Å². The van der Waals surface area contributed by atoms with Gasteiger partial charge in [-0.25, -0.2) is 0 Å². The van der Waals surface area contributed by atoms with Crippen LogP contribution >= 0.6 is 0 Å². The molecular formula is C9H20N2O. The molecule has 72 valence electrons. The number of hydrogen-bond acceptors (Lipinski definition) is 3. The average Bonchev–Trinajstić information content (AvgIpc) is 2.86. The second-order valence-corrected chi connectivity index (χ2v) is 3.25. The summed E-state index contributed by atoms with van der Waals surface area (Å²) in [4.78, 5) is 2.44. The van der Waals surface area contributed by atoms with Gasteiger partial charge in [0.1, 0.15) is 0 Å². The first-order chi connectivity index (χ1) is 5.88. The third-order valence-corrected chi connectivity index (χ3v) is 2.21. The second-order valence-electron chi connectivity index (χ2n) is 3.25. The molecule has 0 aromatic carbocycles. The number of ether oxygens (including phenoxy) is 1. The molecule has 0 radical (unpaired) electrons. The molecule has 1 saturated carbocycles. The number of rotatable bonds is 7. The van der Waals surface area contributed by atoms with E-state index in [0.717, 1.165) is 38.9 Å². The van der Waals surface area contributed by atoms with E-state index in [1.165, 1.54) is 12.8 Å². The fourth-order valence-corrected chi connectivity index (χ4v) is 1.41. The molecule has 0 aromatic rings. The molecule has 1 aliphatic carbocycles. The largest absolute Gasteiger partial charge is 0.380 e. The highest BCUT2D eigenvalue weighted by Gasteiger charge is 2.27. The van der Waals surface area contributed by atoms with E-state index in [1.807, 2.05) is 6.92 Å². The lowest BCUT2D eigenvalue weighted by Crippen LogP contribution is -2.34. The Kier molecular flexibility index (Phi) is 4.58. The van der Waals surface area contributed by atoms with Gasteiger partial charge >= 0.3 is 0 Å². The van der Waals surface area contributed by atoms with Gasteiger partial charge in [-0.05, 0) is 19.8 Å². The van der Waals surface area contributed by atoms with Gasteiger partial charge in [0, 0.05) is 32.3 Å². The summed E-state index contributed by atoms with van der Waals surface area (Å²) in [6.45, 7) is 6.55. The van der Waals surface area contributed by atoms with Crippen molar-refractivity contribution in [1.82, 2.24) is 4.90 Å². The second kappa shape index (κ2) is 5.51. The molecule has 0 aliphatic heterocycles. The first-order valence-electron chi connectivity index (χ1n) is 4.90. The van der Waals surface area contributed by atoms with Crippen molar-refractivity contribution in [3.8, 4) is 0 Å². The smallest absolute Gasteiger partial charge is 0.0593 e. The molecule has 0 bridgehead atoms. The molecule has 0 atom stereocenters. The van der Waals surface area contributed by atoms with Crippen LogP contribution in [0.4, 0.5) is 0 Å². The van der Waals surface area contributed by atoms with Crippen LogP contribution in [0.3, 0.4) is 0 Å². The first-order valence-corrected chi connectivity index (χ1v) is 4.90. The zero-order valence-electron chi connectivity index (χ0n) is 7.96. The van der Waals surface area contributed by atoms with Gasteiger partial charge < -0.3 is 10.5 Å². The van der Waals surface area contributed by atoms with Crippen LogP contribution in [-0.4, -0.2) is 43.8 Å². The Balaban J connectivity index is 2.05. The van der Waals surface area contributed by atoms with Gasteiger partial charge in [-0.2, -0.15) is 0 Å². The van der Waals surface area contributed by atoms with E-state index in [4.69, 9.17) is 10.5 Å². The Hall–Kier alpha value is -0.120. The van der Waals surface area contributed by atoms with Gasteiger partial charge in [-0.1, -0.05) is 0 Å². The molecule has 1 fully saturated rings. The number of hydrogen-bond donors (Lipinski definition) is 1. The van der Waals surface area contributed by atoms with E-state index in [0.29, 0.717) is 0 Å². The summed E-state index contributed by atoms with van der Waals surface area (Å²) in [7, 11) is 0. The van der Waals surface area contributed by atoms with Crippen LogP contribution in [0.25, 0.3) is 0 Å². The van der Waals surface area contributed by atoms with Crippen molar-refractivity contribution in [3.63, 3.8) is 0 Å². The molecule has 0 heterocycles. The molecule has 3 nitrogen and oxygen atoms in total. The maximum atomic E-state index is 5.52.